The molecule has 1 atom stereocenters. The number of hydrogen-bond donors (Lipinski definition) is 1. The highest BCUT2D eigenvalue weighted by Crippen LogP contribution is 2.38. The standard InChI is InChI=1S/C32H34ClN7S/c1-3-24-25(22-9-11-23(12-10-22)38-14-5-4-6-15-38)18-27(33)26-19-40(37-29(24)26)31(21(2)36-32-34-13-17-41-32)30-28-8-7-16-39(28)20-35-30/h9-13,17-20,31H,2-8,14-16H2,1H3,(H,34,36). The lowest BCUT2D eigenvalue weighted by molar-refractivity contribution is 0.578. The summed E-state index contributed by atoms with van der Waals surface area (Å²) in [6, 6.07) is 10.8. The molecule has 5 heterocycles. The Bertz CT molecular complexity index is 1690. The summed E-state index contributed by atoms with van der Waals surface area (Å²) < 4.78 is 4.24. The molecule has 2 aromatic carbocycles. The minimum absolute atomic E-state index is 0.298. The molecule has 0 bridgehead atoms. The molecule has 210 valence electrons. The third-order valence-electron chi connectivity index (χ3n) is 8.47. The lowest BCUT2D eigenvalue weighted by Crippen LogP contribution is -2.29. The number of allylic oxidation sites excluding steroid dienone is 1. The molecule has 1 N–H and O–H groups in total. The largest absolute Gasteiger partial charge is 0.372 e. The second-order valence-corrected chi connectivity index (χ2v) is 12.3. The summed E-state index contributed by atoms with van der Waals surface area (Å²) in [6.07, 6.45) is 12.6. The number of aromatic nitrogens is 5. The molecule has 0 saturated carbocycles. The number of anilines is 2. The van der Waals surface area contributed by atoms with Gasteiger partial charge >= 0.3 is 0 Å². The van der Waals surface area contributed by atoms with Gasteiger partial charge < -0.3 is 14.8 Å². The highest BCUT2D eigenvalue weighted by Gasteiger charge is 2.29. The molecule has 0 spiro atoms. The van der Waals surface area contributed by atoms with Crippen LogP contribution in [0.2, 0.25) is 5.02 Å². The van der Waals surface area contributed by atoms with Crippen LogP contribution in [0.3, 0.4) is 0 Å². The van der Waals surface area contributed by atoms with E-state index in [0.29, 0.717) is 5.02 Å². The first-order chi connectivity index (χ1) is 20.1. The van der Waals surface area contributed by atoms with Crippen LogP contribution in [-0.4, -0.2) is 37.4 Å². The Balaban J connectivity index is 1.30. The molecule has 1 fully saturated rings. The number of thiazole rings is 1. The molecular weight excluding hydrogens is 550 g/mol. The smallest absolute Gasteiger partial charge is 0.186 e. The average Bonchev–Trinajstić information content (AvgIpc) is 3.81. The SMILES string of the molecule is C=C(Nc1nccs1)C(c1ncn2c1CCC2)n1cc2c(Cl)cc(-c3ccc(N4CCCCC4)cc3)c(CC)c2n1. The average molecular weight is 584 g/mol. The van der Waals surface area contributed by atoms with Gasteiger partial charge in [0.1, 0.15) is 6.04 Å². The van der Waals surface area contributed by atoms with E-state index >= 15 is 0 Å². The van der Waals surface area contributed by atoms with Gasteiger partial charge in [-0.25, -0.2) is 9.97 Å². The van der Waals surface area contributed by atoms with Crippen molar-refractivity contribution >= 4 is 44.7 Å². The van der Waals surface area contributed by atoms with Crippen LogP contribution in [0.25, 0.3) is 22.0 Å². The number of nitrogens with zero attached hydrogens (tertiary/aromatic N) is 6. The molecule has 2 aliphatic rings. The number of piperidine rings is 1. The fourth-order valence-corrected chi connectivity index (χ4v) is 7.24. The van der Waals surface area contributed by atoms with Gasteiger partial charge in [0.2, 0.25) is 0 Å². The number of halogens is 1. The van der Waals surface area contributed by atoms with Crippen LogP contribution in [0, 0.1) is 0 Å². The van der Waals surface area contributed by atoms with Crippen LogP contribution in [0.15, 0.2) is 66.7 Å². The van der Waals surface area contributed by atoms with E-state index < -0.39 is 0 Å². The van der Waals surface area contributed by atoms with Crippen LogP contribution >= 0.6 is 22.9 Å². The Morgan fingerprint density at radius 2 is 1.93 bits per heavy atom. The molecule has 1 saturated heterocycles. The lowest BCUT2D eigenvalue weighted by atomic mass is 9.95. The van der Waals surface area contributed by atoms with Crippen molar-refractivity contribution in [2.24, 2.45) is 0 Å². The third-order valence-corrected chi connectivity index (χ3v) is 9.47. The predicted molar refractivity (Wildman–Crippen MR) is 169 cm³/mol. The number of nitrogens with one attached hydrogen (secondary N) is 1. The molecule has 1 unspecified atom stereocenters. The molecule has 9 heteroatoms. The Hall–Kier alpha value is -3.62. The highest BCUT2D eigenvalue weighted by molar-refractivity contribution is 7.13. The van der Waals surface area contributed by atoms with Crippen molar-refractivity contribution in [3.8, 4) is 11.1 Å². The van der Waals surface area contributed by atoms with Crippen LogP contribution in [0.4, 0.5) is 10.8 Å². The van der Waals surface area contributed by atoms with E-state index in [1.165, 1.54) is 41.8 Å². The van der Waals surface area contributed by atoms with Gasteiger partial charge in [-0.1, -0.05) is 37.2 Å². The zero-order chi connectivity index (χ0) is 27.9. The fraction of sp³-hybridized carbons (Fsp3) is 0.344. The van der Waals surface area contributed by atoms with Crippen molar-refractivity contribution in [3.05, 3.63) is 88.7 Å². The van der Waals surface area contributed by atoms with Gasteiger partial charge in [-0.3, -0.25) is 4.68 Å². The van der Waals surface area contributed by atoms with Crippen molar-refractivity contribution in [3.63, 3.8) is 0 Å². The predicted octanol–water partition coefficient (Wildman–Crippen LogP) is 7.72. The van der Waals surface area contributed by atoms with E-state index in [0.717, 1.165) is 71.9 Å². The maximum absolute atomic E-state index is 7.00. The van der Waals surface area contributed by atoms with Crippen LogP contribution in [0.1, 0.15) is 55.6 Å². The molecule has 2 aliphatic heterocycles. The Kier molecular flexibility index (Phi) is 7.04. The van der Waals surface area contributed by atoms with Crippen molar-refractivity contribution in [1.82, 2.24) is 24.3 Å². The minimum atomic E-state index is -0.298. The van der Waals surface area contributed by atoms with Gasteiger partial charge in [0, 0.05) is 59.9 Å². The van der Waals surface area contributed by atoms with Gasteiger partial charge in [0.05, 0.1) is 22.6 Å². The molecule has 0 amide bonds. The number of imidazole rings is 1. The number of rotatable bonds is 8. The topological polar surface area (TPSA) is 63.8 Å². The van der Waals surface area contributed by atoms with Gasteiger partial charge in [0.15, 0.2) is 5.13 Å². The van der Waals surface area contributed by atoms with Gasteiger partial charge in [-0.2, -0.15) is 5.10 Å². The van der Waals surface area contributed by atoms with Crippen LogP contribution in [-0.2, 0) is 19.4 Å². The molecule has 7 rings (SSSR count). The first-order valence-electron chi connectivity index (χ1n) is 14.6. The summed E-state index contributed by atoms with van der Waals surface area (Å²) in [6.45, 7) is 9.90. The first kappa shape index (κ1) is 26.3. The quantitative estimate of drug-likeness (QED) is 0.202. The second-order valence-electron chi connectivity index (χ2n) is 11.0. The normalized spacial score (nSPS) is 15.8. The fourth-order valence-electron chi connectivity index (χ4n) is 6.43. The van der Waals surface area contributed by atoms with Crippen molar-refractivity contribution < 1.29 is 0 Å². The summed E-state index contributed by atoms with van der Waals surface area (Å²) in [5.74, 6) is 0. The van der Waals surface area contributed by atoms with E-state index in [9.17, 15) is 0 Å². The zero-order valence-electron chi connectivity index (χ0n) is 23.3. The van der Waals surface area contributed by atoms with Crippen LogP contribution < -0.4 is 10.2 Å². The van der Waals surface area contributed by atoms with E-state index in [1.807, 2.05) is 16.4 Å². The summed E-state index contributed by atoms with van der Waals surface area (Å²) >= 11 is 8.54. The molecular formula is C32H34ClN7S. The minimum Gasteiger partial charge on any atom is -0.372 e. The Morgan fingerprint density at radius 1 is 1.10 bits per heavy atom. The summed E-state index contributed by atoms with van der Waals surface area (Å²) in [4.78, 5) is 11.8. The number of benzene rings is 2. The van der Waals surface area contributed by atoms with E-state index in [-0.39, 0.29) is 6.04 Å². The second kappa shape index (κ2) is 11.0. The van der Waals surface area contributed by atoms with Crippen LogP contribution in [0.5, 0.6) is 0 Å². The molecule has 0 aliphatic carbocycles. The summed E-state index contributed by atoms with van der Waals surface area (Å²) in [5.41, 5.74) is 8.73. The van der Waals surface area contributed by atoms with Crippen molar-refractivity contribution in [1.29, 1.82) is 0 Å². The van der Waals surface area contributed by atoms with E-state index in [2.05, 4.69) is 69.8 Å². The Labute approximate surface area is 249 Å². The van der Waals surface area contributed by atoms with Gasteiger partial charge in [-0.05, 0) is 73.4 Å². The zero-order valence-corrected chi connectivity index (χ0v) is 24.9. The molecule has 5 aromatic rings. The van der Waals surface area contributed by atoms with Crippen molar-refractivity contribution in [2.45, 2.75) is 58.0 Å². The molecule has 3 aromatic heterocycles. The Morgan fingerprint density at radius 3 is 2.68 bits per heavy atom. The van der Waals surface area contributed by atoms with Gasteiger partial charge in [0.25, 0.3) is 0 Å². The number of aryl methyl sites for hydroxylation is 2. The first-order valence-corrected chi connectivity index (χ1v) is 15.8. The lowest BCUT2D eigenvalue weighted by Gasteiger charge is -2.29. The molecule has 0 radical (unpaired) electrons. The van der Waals surface area contributed by atoms with E-state index in [4.69, 9.17) is 21.7 Å². The van der Waals surface area contributed by atoms with E-state index in [1.54, 1.807) is 17.5 Å². The summed E-state index contributed by atoms with van der Waals surface area (Å²) in [7, 11) is 0. The molecule has 7 nitrogen and oxygen atoms in total. The monoisotopic (exact) mass is 583 g/mol. The summed E-state index contributed by atoms with van der Waals surface area (Å²) in [5, 5.41) is 13.0. The molecule has 41 heavy (non-hydrogen) atoms. The maximum Gasteiger partial charge on any atom is 0.186 e. The number of fused-ring (bicyclic) bond motifs is 2. The van der Waals surface area contributed by atoms with Crippen molar-refractivity contribution in [2.75, 3.05) is 23.3 Å². The number of hydrogen-bond acceptors (Lipinski definition) is 6. The maximum atomic E-state index is 7.00. The highest BCUT2D eigenvalue weighted by atomic mass is 35.5. The third kappa shape index (κ3) is 4.83. The van der Waals surface area contributed by atoms with Gasteiger partial charge in [-0.15, -0.1) is 11.3 Å².